The summed E-state index contributed by atoms with van der Waals surface area (Å²) in [6.07, 6.45) is 2.68. The lowest BCUT2D eigenvalue weighted by atomic mass is 10.2. The molecule has 0 saturated heterocycles. The van der Waals surface area contributed by atoms with E-state index in [1.165, 1.54) is 0 Å². The molecule has 0 unspecified atom stereocenters. The van der Waals surface area contributed by atoms with Crippen molar-refractivity contribution in [3.8, 4) is 5.75 Å². The zero-order chi connectivity index (χ0) is 15.7. The molecule has 0 saturated carbocycles. The number of para-hydroxylation sites is 1. The fraction of sp³-hybridized carbons (Fsp3) is 0.375. The predicted octanol–water partition coefficient (Wildman–Crippen LogP) is 2.19. The number of hydrogen-bond acceptors (Lipinski definition) is 3. The number of aryl methyl sites for hydroxylation is 1. The largest absolute Gasteiger partial charge is 0.530 e. The fourth-order valence-corrected chi connectivity index (χ4v) is 1.95. The fourth-order valence-electron chi connectivity index (χ4n) is 1.95. The summed E-state index contributed by atoms with van der Waals surface area (Å²) in [5.41, 5.74) is 0.910. The van der Waals surface area contributed by atoms with E-state index in [0.717, 1.165) is 30.3 Å². The maximum atomic E-state index is 9.66. The molecule has 1 heterocycles. The highest BCUT2D eigenvalue weighted by atomic mass is 127. The molecule has 1 aromatic heterocycles. The lowest BCUT2D eigenvalue weighted by molar-refractivity contribution is -0.668. The minimum Gasteiger partial charge on any atom is -0.530 e. The molecule has 0 aliphatic carbocycles. The number of benzene rings is 1. The van der Waals surface area contributed by atoms with E-state index >= 15 is 0 Å². The number of carboxylic acid groups (broad SMARTS) is 1. The maximum Gasteiger partial charge on any atom is 0.254 e. The van der Waals surface area contributed by atoms with E-state index in [2.05, 4.69) is 12.2 Å². The van der Waals surface area contributed by atoms with E-state index in [1.54, 1.807) is 6.07 Å². The summed E-state index contributed by atoms with van der Waals surface area (Å²) < 4.78 is 2.03. The van der Waals surface area contributed by atoms with Crippen LogP contribution in [0.4, 0.5) is 4.79 Å². The van der Waals surface area contributed by atoms with Gasteiger partial charge in [-0.25, -0.2) is 0 Å². The van der Waals surface area contributed by atoms with Crippen LogP contribution in [0.2, 0.25) is 0 Å². The first-order chi connectivity index (χ1) is 10.1. The second-order valence-electron chi connectivity index (χ2n) is 4.58. The molecule has 22 heavy (non-hydrogen) atoms. The minimum atomic E-state index is -1.18. The van der Waals surface area contributed by atoms with Gasteiger partial charge in [-0.2, -0.15) is 4.57 Å². The van der Waals surface area contributed by atoms with Gasteiger partial charge in [0, 0.05) is 12.6 Å². The Labute approximate surface area is 148 Å². The zero-order valence-electron chi connectivity index (χ0n) is 12.9. The maximum absolute atomic E-state index is 9.66. The lowest BCUT2D eigenvalue weighted by Gasteiger charge is -2.02. The van der Waals surface area contributed by atoms with Gasteiger partial charge in [-0.1, -0.05) is 19.4 Å². The average Bonchev–Trinajstić information content (AvgIpc) is 2.47. The quantitative estimate of drug-likeness (QED) is 0.454. The van der Waals surface area contributed by atoms with Crippen LogP contribution in [0.1, 0.15) is 26.7 Å². The summed E-state index contributed by atoms with van der Waals surface area (Å²) in [7, 11) is 0. The molecule has 1 amide bonds. The first-order valence-corrected chi connectivity index (χ1v) is 7.15. The van der Waals surface area contributed by atoms with Crippen molar-refractivity contribution in [2.24, 2.45) is 0 Å². The number of fused-ring (bicyclic) bond motifs is 1. The second kappa shape index (κ2) is 11.1. The number of hydrogen-bond donors (Lipinski definition) is 2. The van der Waals surface area contributed by atoms with Gasteiger partial charge in [0.2, 0.25) is 0 Å². The highest BCUT2D eigenvalue weighted by Crippen LogP contribution is 2.19. The Morgan fingerprint density at radius 2 is 1.95 bits per heavy atom. The van der Waals surface area contributed by atoms with Crippen LogP contribution >= 0.6 is 24.0 Å². The number of aromatic hydroxyl groups is 1. The van der Waals surface area contributed by atoms with Gasteiger partial charge in [-0.05, 0) is 31.5 Å². The van der Waals surface area contributed by atoms with Crippen LogP contribution in [-0.4, -0.2) is 17.7 Å². The molecule has 0 spiro atoms. The number of amides is 1. The first kappa shape index (κ1) is 20.4. The van der Waals surface area contributed by atoms with Crippen molar-refractivity contribution < 1.29 is 19.6 Å². The van der Waals surface area contributed by atoms with Gasteiger partial charge in [0.05, 0.1) is 5.39 Å². The molecule has 2 N–H and O–H groups in total. The van der Waals surface area contributed by atoms with Gasteiger partial charge in [-0.3, -0.25) is 0 Å². The van der Waals surface area contributed by atoms with Gasteiger partial charge < -0.3 is 20.3 Å². The molecule has 122 valence electrons. The monoisotopic (exact) mass is 418 g/mol. The van der Waals surface area contributed by atoms with Crippen LogP contribution in [0.25, 0.3) is 10.9 Å². The third-order valence-corrected chi connectivity index (χ3v) is 3.02. The van der Waals surface area contributed by atoms with E-state index in [1.807, 2.05) is 42.0 Å². The Morgan fingerprint density at radius 1 is 1.27 bits per heavy atom. The third-order valence-electron chi connectivity index (χ3n) is 3.02. The number of carbonyl (C=O) groups excluding carboxylic acids is 1. The van der Waals surface area contributed by atoms with Crippen LogP contribution in [0.3, 0.4) is 0 Å². The number of nitrogens with one attached hydrogen (secondary N) is 1. The molecular weight excluding hydrogens is 395 g/mol. The number of halogens is 1. The molecular formula is C16H23IN2O3. The summed E-state index contributed by atoms with van der Waals surface area (Å²) in [4.78, 5) is 9.65. The summed E-state index contributed by atoms with van der Waals surface area (Å²) in [5.74, 6) is 0.347. The van der Waals surface area contributed by atoms with Crippen LogP contribution in [0.15, 0.2) is 36.5 Å². The summed E-state index contributed by atoms with van der Waals surface area (Å²) >= 11 is 0. The standard InChI is InChI=1S/C11H11NO.C5H11NO2.HI/c1-2-12-8-4-6-9-5-3-7-10(13)11(9)12;1-2-3-4-6-5(7)8;/h3-8H,2H2,1H3;6H,2-4H2,1H3,(H,7,8);1H. The molecule has 5 nitrogen and oxygen atoms in total. The molecule has 0 fully saturated rings. The Morgan fingerprint density at radius 3 is 2.55 bits per heavy atom. The van der Waals surface area contributed by atoms with Crippen molar-refractivity contribution in [3.05, 3.63) is 36.5 Å². The Kier molecular flexibility index (Phi) is 10.3. The van der Waals surface area contributed by atoms with Crippen molar-refractivity contribution in [3.63, 3.8) is 0 Å². The molecule has 2 aromatic rings. The van der Waals surface area contributed by atoms with Crippen LogP contribution in [0, 0.1) is 0 Å². The number of carbonyl (C=O) groups is 1. The van der Waals surface area contributed by atoms with Gasteiger partial charge in [0.25, 0.3) is 5.52 Å². The number of aromatic nitrogens is 1. The molecule has 1 aromatic carbocycles. The van der Waals surface area contributed by atoms with E-state index in [-0.39, 0.29) is 24.0 Å². The van der Waals surface area contributed by atoms with E-state index in [4.69, 9.17) is 0 Å². The predicted molar refractivity (Wildman–Crippen MR) is 95.2 cm³/mol. The van der Waals surface area contributed by atoms with Crippen molar-refractivity contribution in [1.29, 1.82) is 0 Å². The van der Waals surface area contributed by atoms with Gasteiger partial charge in [0.15, 0.2) is 11.9 Å². The highest BCUT2D eigenvalue weighted by Gasteiger charge is 2.09. The average molecular weight is 418 g/mol. The Balaban J connectivity index is 0.000000432. The third kappa shape index (κ3) is 6.46. The van der Waals surface area contributed by atoms with Crippen molar-refractivity contribution in [2.45, 2.75) is 33.2 Å². The highest BCUT2D eigenvalue weighted by molar-refractivity contribution is 14.0. The number of nitrogens with zero attached hydrogens (tertiary/aromatic N) is 1. The lowest BCUT2D eigenvalue weighted by Crippen LogP contribution is -2.36. The Bertz CT molecular complexity index is 585. The molecule has 0 bridgehead atoms. The minimum absolute atomic E-state index is 0. The van der Waals surface area contributed by atoms with Gasteiger partial charge in [0.1, 0.15) is 12.6 Å². The Hall–Kier alpha value is -1.57. The summed E-state index contributed by atoms with van der Waals surface area (Å²) in [5, 5.41) is 22.5. The molecule has 0 radical (unpaired) electrons. The van der Waals surface area contributed by atoms with Crippen molar-refractivity contribution >= 4 is 41.0 Å². The molecule has 0 atom stereocenters. The number of phenolic OH excluding ortho intramolecular Hbond substituents is 1. The second-order valence-corrected chi connectivity index (χ2v) is 4.58. The van der Waals surface area contributed by atoms with Crippen LogP contribution < -0.4 is 15.0 Å². The molecule has 2 rings (SSSR count). The normalized spacial score (nSPS) is 9.36. The first-order valence-electron chi connectivity index (χ1n) is 7.15. The van der Waals surface area contributed by atoms with Crippen LogP contribution in [-0.2, 0) is 6.54 Å². The van der Waals surface area contributed by atoms with E-state index < -0.39 is 6.09 Å². The number of unbranched alkanes of at least 4 members (excludes halogenated alkanes) is 1. The zero-order valence-corrected chi connectivity index (χ0v) is 15.2. The van der Waals surface area contributed by atoms with E-state index in [0.29, 0.717) is 12.3 Å². The topological polar surface area (TPSA) is 76.3 Å². The summed E-state index contributed by atoms with van der Waals surface area (Å²) in [6, 6.07) is 9.57. The summed E-state index contributed by atoms with van der Waals surface area (Å²) in [6.45, 7) is 5.44. The molecule has 0 aliphatic heterocycles. The van der Waals surface area contributed by atoms with E-state index in [9.17, 15) is 15.0 Å². The number of pyridine rings is 1. The smallest absolute Gasteiger partial charge is 0.254 e. The molecule has 6 heteroatoms. The van der Waals surface area contributed by atoms with Gasteiger partial charge >= 0.3 is 0 Å². The van der Waals surface area contributed by atoms with Crippen molar-refractivity contribution in [2.75, 3.05) is 6.54 Å². The number of phenols is 1. The van der Waals surface area contributed by atoms with Crippen molar-refractivity contribution in [1.82, 2.24) is 5.32 Å². The SMILES string of the molecule is CCCCNC(=O)[O-].CC[n+]1cccc2cccc(O)c21.I. The van der Waals surface area contributed by atoms with Gasteiger partial charge in [-0.15, -0.1) is 24.0 Å². The number of rotatable bonds is 4. The molecule has 0 aliphatic rings. The van der Waals surface area contributed by atoms with Crippen LogP contribution in [0.5, 0.6) is 5.75 Å².